The van der Waals surface area contributed by atoms with Crippen LogP contribution in [-0.4, -0.2) is 35.0 Å². The van der Waals surface area contributed by atoms with Crippen molar-refractivity contribution in [2.75, 3.05) is 18.1 Å². The molecule has 0 amide bonds. The van der Waals surface area contributed by atoms with Gasteiger partial charge in [-0.25, -0.2) is 0 Å². The van der Waals surface area contributed by atoms with E-state index in [0.29, 0.717) is 12.2 Å². The number of thioether (sulfide) groups is 1. The molecule has 0 aromatic carbocycles. The van der Waals surface area contributed by atoms with Crippen LogP contribution in [0, 0.1) is 0 Å². The fourth-order valence-corrected chi connectivity index (χ4v) is 2.18. The van der Waals surface area contributed by atoms with Gasteiger partial charge in [0.2, 0.25) is 0 Å². The first-order valence-corrected chi connectivity index (χ1v) is 5.67. The van der Waals surface area contributed by atoms with E-state index in [2.05, 4.69) is 4.98 Å². The Kier molecular flexibility index (Phi) is 3.16. The van der Waals surface area contributed by atoms with Crippen LogP contribution in [-0.2, 0) is 4.74 Å². The van der Waals surface area contributed by atoms with E-state index in [9.17, 15) is 4.79 Å². The SMILES string of the molecule is O=C(c1cccnc1)C1CSCCO1. The summed E-state index contributed by atoms with van der Waals surface area (Å²) in [4.78, 5) is 15.7. The summed E-state index contributed by atoms with van der Waals surface area (Å²) in [5.41, 5.74) is 0.639. The topological polar surface area (TPSA) is 39.2 Å². The number of rotatable bonds is 2. The Hall–Kier alpha value is -0.870. The van der Waals surface area contributed by atoms with Crippen molar-refractivity contribution in [2.24, 2.45) is 0 Å². The Balaban J connectivity index is 2.07. The number of nitrogens with zero attached hydrogens (tertiary/aromatic N) is 1. The maximum Gasteiger partial charge on any atom is 0.193 e. The molecule has 1 aromatic heterocycles. The third-order valence-corrected chi connectivity index (χ3v) is 3.05. The highest BCUT2D eigenvalue weighted by Crippen LogP contribution is 2.16. The molecule has 4 heteroatoms. The van der Waals surface area contributed by atoms with Crippen LogP contribution in [0.25, 0.3) is 0 Å². The Labute approximate surface area is 86.9 Å². The molecule has 1 fully saturated rings. The summed E-state index contributed by atoms with van der Waals surface area (Å²) in [7, 11) is 0. The smallest absolute Gasteiger partial charge is 0.193 e. The molecule has 2 rings (SSSR count). The fourth-order valence-electron chi connectivity index (χ4n) is 1.33. The third-order valence-electron chi connectivity index (χ3n) is 2.05. The lowest BCUT2D eigenvalue weighted by Crippen LogP contribution is -2.31. The third kappa shape index (κ3) is 2.13. The lowest BCUT2D eigenvalue weighted by atomic mass is 10.1. The van der Waals surface area contributed by atoms with Crippen molar-refractivity contribution in [1.82, 2.24) is 4.98 Å². The molecule has 3 nitrogen and oxygen atoms in total. The van der Waals surface area contributed by atoms with Crippen molar-refractivity contribution < 1.29 is 9.53 Å². The van der Waals surface area contributed by atoms with E-state index in [1.807, 2.05) is 0 Å². The number of aromatic nitrogens is 1. The number of pyridine rings is 1. The molecule has 0 saturated carbocycles. The van der Waals surface area contributed by atoms with Crippen molar-refractivity contribution in [2.45, 2.75) is 6.10 Å². The second kappa shape index (κ2) is 4.57. The minimum atomic E-state index is -0.280. The maximum atomic E-state index is 11.8. The molecule has 1 saturated heterocycles. The van der Waals surface area contributed by atoms with E-state index >= 15 is 0 Å². The summed E-state index contributed by atoms with van der Waals surface area (Å²) < 4.78 is 5.40. The van der Waals surface area contributed by atoms with Gasteiger partial charge >= 0.3 is 0 Å². The highest BCUT2D eigenvalue weighted by atomic mass is 32.2. The first-order chi connectivity index (χ1) is 6.88. The highest BCUT2D eigenvalue weighted by molar-refractivity contribution is 7.99. The quantitative estimate of drug-likeness (QED) is 0.690. The van der Waals surface area contributed by atoms with Crippen molar-refractivity contribution in [3.05, 3.63) is 30.1 Å². The first-order valence-electron chi connectivity index (χ1n) is 4.51. The van der Waals surface area contributed by atoms with Crippen molar-refractivity contribution >= 4 is 17.5 Å². The van der Waals surface area contributed by atoms with E-state index in [1.165, 1.54) is 0 Å². The van der Waals surface area contributed by atoms with Crippen LogP contribution in [0.1, 0.15) is 10.4 Å². The van der Waals surface area contributed by atoms with Crippen LogP contribution in [0.4, 0.5) is 0 Å². The predicted molar refractivity (Wildman–Crippen MR) is 55.6 cm³/mol. The summed E-state index contributed by atoms with van der Waals surface area (Å²) in [6.45, 7) is 0.668. The zero-order valence-electron chi connectivity index (χ0n) is 7.68. The zero-order chi connectivity index (χ0) is 9.80. The van der Waals surface area contributed by atoms with E-state index in [0.717, 1.165) is 11.5 Å². The molecule has 1 aliphatic heterocycles. The molecule has 2 heterocycles. The minimum absolute atomic E-state index is 0.0466. The number of ketones is 1. The number of Topliss-reactive ketones (excluding diaryl/α,β-unsaturated/α-hetero) is 1. The Morgan fingerprint density at radius 1 is 1.64 bits per heavy atom. The van der Waals surface area contributed by atoms with Gasteiger partial charge in [-0.2, -0.15) is 11.8 Å². The monoisotopic (exact) mass is 209 g/mol. The molecule has 74 valence electrons. The molecule has 1 unspecified atom stereocenters. The largest absolute Gasteiger partial charge is 0.368 e. The number of hydrogen-bond acceptors (Lipinski definition) is 4. The molecular weight excluding hydrogens is 198 g/mol. The number of carbonyl (C=O) groups excluding carboxylic acids is 1. The van der Waals surface area contributed by atoms with Crippen LogP contribution in [0.5, 0.6) is 0 Å². The van der Waals surface area contributed by atoms with E-state index in [-0.39, 0.29) is 11.9 Å². The van der Waals surface area contributed by atoms with Gasteiger partial charge in [-0.05, 0) is 12.1 Å². The molecule has 0 aliphatic carbocycles. The van der Waals surface area contributed by atoms with E-state index < -0.39 is 0 Å². The van der Waals surface area contributed by atoms with Crippen molar-refractivity contribution in [3.8, 4) is 0 Å². The van der Waals surface area contributed by atoms with Crippen LogP contribution in [0.2, 0.25) is 0 Å². The summed E-state index contributed by atoms with van der Waals surface area (Å²) in [6.07, 6.45) is 2.97. The summed E-state index contributed by atoms with van der Waals surface area (Å²) in [5, 5.41) is 0. The number of hydrogen-bond donors (Lipinski definition) is 0. The number of carbonyl (C=O) groups is 1. The summed E-state index contributed by atoms with van der Waals surface area (Å²) in [5.74, 6) is 1.79. The summed E-state index contributed by atoms with van der Waals surface area (Å²) >= 11 is 1.76. The van der Waals surface area contributed by atoms with Crippen LogP contribution in [0.3, 0.4) is 0 Å². The van der Waals surface area contributed by atoms with Gasteiger partial charge in [-0.3, -0.25) is 9.78 Å². The Morgan fingerprint density at radius 2 is 2.57 bits per heavy atom. The second-order valence-corrected chi connectivity index (χ2v) is 4.19. The van der Waals surface area contributed by atoms with Gasteiger partial charge < -0.3 is 4.74 Å². The first kappa shape index (κ1) is 9.68. The molecule has 1 aromatic rings. The van der Waals surface area contributed by atoms with Gasteiger partial charge in [0.1, 0.15) is 6.10 Å². The van der Waals surface area contributed by atoms with Crippen LogP contribution < -0.4 is 0 Å². The molecule has 1 atom stereocenters. The Bertz CT molecular complexity index is 309. The maximum absolute atomic E-state index is 11.8. The average molecular weight is 209 g/mol. The average Bonchev–Trinajstić information content (AvgIpc) is 2.30. The van der Waals surface area contributed by atoms with Crippen molar-refractivity contribution in [1.29, 1.82) is 0 Å². The standard InChI is InChI=1S/C10H11NO2S/c12-10(8-2-1-3-11-6-8)9-7-14-5-4-13-9/h1-3,6,9H,4-5,7H2. The van der Waals surface area contributed by atoms with Gasteiger partial charge in [0, 0.05) is 29.5 Å². The molecule has 0 bridgehead atoms. The van der Waals surface area contributed by atoms with Gasteiger partial charge in [-0.15, -0.1) is 0 Å². The summed E-state index contributed by atoms with van der Waals surface area (Å²) in [6, 6.07) is 3.54. The van der Waals surface area contributed by atoms with Gasteiger partial charge in [0.15, 0.2) is 5.78 Å². The van der Waals surface area contributed by atoms with Gasteiger partial charge in [0.25, 0.3) is 0 Å². The fraction of sp³-hybridized carbons (Fsp3) is 0.400. The molecule has 1 aliphatic rings. The van der Waals surface area contributed by atoms with Crippen LogP contribution in [0.15, 0.2) is 24.5 Å². The normalized spacial score (nSPS) is 21.9. The van der Waals surface area contributed by atoms with E-state index in [4.69, 9.17) is 4.74 Å². The molecular formula is C10H11NO2S. The number of ether oxygens (including phenoxy) is 1. The van der Waals surface area contributed by atoms with Gasteiger partial charge in [0.05, 0.1) is 6.61 Å². The van der Waals surface area contributed by atoms with E-state index in [1.54, 1.807) is 36.3 Å². The van der Waals surface area contributed by atoms with Crippen molar-refractivity contribution in [3.63, 3.8) is 0 Å². The lowest BCUT2D eigenvalue weighted by molar-refractivity contribution is 0.0518. The molecule has 0 spiro atoms. The lowest BCUT2D eigenvalue weighted by Gasteiger charge is -2.20. The van der Waals surface area contributed by atoms with Gasteiger partial charge in [-0.1, -0.05) is 0 Å². The second-order valence-electron chi connectivity index (χ2n) is 3.04. The zero-order valence-corrected chi connectivity index (χ0v) is 8.50. The van der Waals surface area contributed by atoms with Crippen LogP contribution >= 0.6 is 11.8 Å². The Morgan fingerprint density at radius 3 is 3.21 bits per heavy atom. The molecule has 0 N–H and O–H groups in total. The highest BCUT2D eigenvalue weighted by Gasteiger charge is 2.23. The molecule has 14 heavy (non-hydrogen) atoms. The minimum Gasteiger partial charge on any atom is -0.368 e. The molecule has 0 radical (unpaired) electrons. The predicted octanol–water partition coefficient (Wildman–Crippen LogP) is 1.40.